The molecule has 0 saturated carbocycles. The molecule has 0 aliphatic heterocycles. The first-order valence-corrected chi connectivity index (χ1v) is 16.5. The molecule has 0 radical (unpaired) electrons. The molecule has 14 heteroatoms. The normalized spacial score (nSPS) is 12.0. The van der Waals surface area contributed by atoms with Gasteiger partial charge in [0.05, 0.1) is 22.4 Å². The van der Waals surface area contributed by atoms with Crippen LogP contribution < -0.4 is 16.2 Å². The number of aromatic nitrogens is 2. The van der Waals surface area contributed by atoms with Crippen molar-refractivity contribution in [3.05, 3.63) is 96.4 Å². The third kappa shape index (κ3) is 5.97. The maximum Gasteiger partial charge on any atom is 0.298 e. The fourth-order valence-corrected chi connectivity index (χ4v) is 6.84. The van der Waals surface area contributed by atoms with Crippen molar-refractivity contribution in [1.29, 1.82) is 0 Å². The van der Waals surface area contributed by atoms with Crippen LogP contribution in [0.5, 0.6) is 11.5 Å². The van der Waals surface area contributed by atoms with Crippen LogP contribution in [-0.2, 0) is 20.2 Å². The zero-order valence-electron chi connectivity index (χ0n) is 22.4. The number of benzene rings is 4. The maximum absolute atomic E-state index is 12.3. The van der Waals surface area contributed by atoms with E-state index in [1.165, 1.54) is 23.6 Å². The Morgan fingerprint density at radius 2 is 1.20 bits per heavy atom. The number of hydrogen-bond acceptors (Lipinski definition) is 10. The second-order valence-electron chi connectivity index (χ2n) is 9.68. The van der Waals surface area contributed by atoms with E-state index in [1.54, 1.807) is 42.5 Å². The van der Waals surface area contributed by atoms with Gasteiger partial charge >= 0.3 is 0 Å². The number of anilines is 2. The van der Waals surface area contributed by atoms with Crippen LogP contribution in [0, 0.1) is 0 Å². The maximum atomic E-state index is 12.3. The molecule has 44 heavy (non-hydrogen) atoms. The first-order valence-electron chi connectivity index (χ1n) is 12.7. The van der Waals surface area contributed by atoms with Gasteiger partial charge in [-0.15, -0.1) is 11.3 Å². The Hall–Kier alpha value is -4.86. The van der Waals surface area contributed by atoms with Crippen LogP contribution in [-0.4, -0.2) is 35.9 Å². The van der Waals surface area contributed by atoms with E-state index in [1.807, 2.05) is 24.3 Å². The van der Waals surface area contributed by atoms with Gasteiger partial charge in [0, 0.05) is 38.8 Å². The zero-order chi connectivity index (χ0) is 31.2. The number of fused-ring (bicyclic) bond motifs is 1. The van der Waals surface area contributed by atoms with Crippen molar-refractivity contribution < 1.29 is 30.7 Å². The minimum atomic E-state index is -4.77. The van der Waals surface area contributed by atoms with Crippen molar-refractivity contribution >= 4 is 54.0 Å². The number of hydrogen-bond donors (Lipinski definition) is 4. The quantitative estimate of drug-likeness (QED) is 0.115. The molecule has 6 aromatic rings. The van der Waals surface area contributed by atoms with Crippen LogP contribution in [0.3, 0.4) is 0 Å². The van der Waals surface area contributed by atoms with Gasteiger partial charge in [-0.1, -0.05) is 24.3 Å². The van der Waals surface area contributed by atoms with Crippen LogP contribution in [0.1, 0.15) is 0 Å². The van der Waals surface area contributed by atoms with Crippen molar-refractivity contribution in [2.75, 3.05) is 11.5 Å². The van der Waals surface area contributed by atoms with E-state index in [9.17, 15) is 25.9 Å². The van der Waals surface area contributed by atoms with Crippen LogP contribution in [0.4, 0.5) is 11.4 Å². The molecule has 6 rings (SSSR count). The summed E-state index contributed by atoms with van der Waals surface area (Å²) in [7, 11) is -9.21. The fraction of sp³-hybridized carbons (Fsp3) is 0. The minimum absolute atomic E-state index is 0.174. The van der Waals surface area contributed by atoms with E-state index in [0.29, 0.717) is 38.7 Å². The molecule has 0 spiro atoms. The lowest BCUT2D eigenvalue weighted by atomic mass is 10.0. The molecule has 0 aliphatic carbocycles. The van der Waals surface area contributed by atoms with Gasteiger partial charge < -0.3 is 16.2 Å². The standard InChI is InChI=1S/C30H22N4O7S3/c31-20-6-1-17(2-7-20)29-30(18-3-8-21(32)9-4-18)34-25-14-22(10-11-24(25)33-29)41-26-12-5-19(13-28(26)44(38,39)40)27-15-23(16-42-27)43(35,36)37/h1-16H,31-32H2,(H,35,36,37)(H,38,39,40). The summed E-state index contributed by atoms with van der Waals surface area (Å²) < 4.78 is 72.8. The summed E-state index contributed by atoms with van der Waals surface area (Å²) in [6.45, 7) is 0. The average molecular weight is 647 g/mol. The number of nitrogen functional groups attached to an aromatic ring is 2. The average Bonchev–Trinajstić information content (AvgIpc) is 3.49. The smallest absolute Gasteiger partial charge is 0.298 e. The van der Waals surface area contributed by atoms with Gasteiger partial charge in [-0.3, -0.25) is 9.11 Å². The summed E-state index contributed by atoms with van der Waals surface area (Å²) in [5.74, 6) is 0.0464. The molecular formula is C30H22N4O7S3. The minimum Gasteiger partial charge on any atom is -0.456 e. The van der Waals surface area contributed by atoms with Crippen molar-refractivity contribution in [2.24, 2.45) is 0 Å². The number of nitrogens with zero attached hydrogens (tertiary/aromatic N) is 2. The molecule has 11 nitrogen and oxygen atoms in total. The third-order valence-corrected chi connectivity index (χ3v) is 9.45. The monoisotopic (exact) mass is 646 g/mol. The number of nitrogens with two attached hydrogens (primary N) is 2. The second-order valence-corrected chi connectivity index (χ2v) is 13.4. The van der Waals surface area contributed by atoms with E-state index in [4.69, 9.17) is 26.2 Å². The fourth-order valence-electron chi connectivity index (χ4n) is 4.46. The molecule has 0 fully saturated rings. The van der Waals surface area contributed by atoms with Gasteiger partial charge in [-0.2, -0.15) is 16.8 Å². The molecule has 0 bridgehead atoms. The van der Waals surface area contributed by atoms with Crippen molar-refractivity contribution in [2.45, 2.75) is 9.79 Å². The predicted octanol–water partition coefficient (Wildman–Crippen LogP) is 6.14. The van der Waals surface area contributed by atoms with Crippen LogP contribution >= 0.6 is 11.3 Å². The second kappa shape index (κ2) is 11.0. The summed E-state index contributed by atoms with van der Waals surface area (Å²) in [5.41, 5.74) is 17.0. The van der Waals surface area contributed by atoms with E-state index >= 15 is 0 Å². The third-order valence-electron chi connectivity index (χ3n) is 6.61. The first-order chi connectivity index (χ1) is 20.8. The molecule has 0 aliphatic rings. The summed E-state index contributed by atoms with van der Waals surface area (Å²) in [5, 5.41) is 1.22. The highest BCUT2D eigenvalue weighted by Gasteiger charge is 2.21. The Morgan fingerprint density at radius 3 is 1.75 bits per heavy atom. The van der Waals surface area contributed by atoms with Crippen molar-refractivity contribution in [1.82, 2.24) is 9.97 Å². The van der Waals surface area contributed by atoms with Gasteiger partial charge in [0.25, 0.3) is 20.2 Å². The lowest BCUT2D eigenvalue weighted by Gasteiger charge is -2.13. The molecule has 0 unspecified atom stereocenters. The molecule has 222 valence electrons. The van der Waals surface area contributed by atoms with Crippen molar-refractivity contribution in [3.63, 3.8) is 0 Å². The molecule has 2 heterocycles. The molecule has 4 aromatic carbocycles. The first kappa shape index (κ1) is 29.2. The molecule has 6 N–H and O–H groups in total. The lowest BCUT2D eigenvalue weighted by Crippen LogP contribution is -2.02. The number of rotatable bonds is 7. The highest BCUT2D eigenvalue weighted by Crippen LogP contribution is 2.37. The van der Waals surface area contributed by atoms with Gasteiger partial charge in [-0.05, 0) is 66.2 Å². The van der Waals surface area contributed by atoms with Gasteiger partial charge in [0.1, 0.15) is 21.3 Å². The topological polar surface area (TPSA) is 196 Å². The molecule has 0 atom stereocenters. The molecule has 2 aromatic heterocycles. The summed E-state index contributed by atoms with van der Waals surface area (Å²) in [4.78, 5) is 9.21. The van der Waals surface area contributed by atoms with E-state index < -0.39 is 25.1 Å². The largest absolute Gasteiger partial charge is 0.456 e. The van der Waals surface area contributed by atoms with Gasteiger partial charge in [0.2, 0.25) is 0 Å². The van der Waals surface area contributed by atoms with E-state index in [2.05, 4.69) is 0 Å². The van der Waals surface area contributed by atoms with Gasteiger partial charge in [-0.25, -0.2) is 9.97 Å². The molecule has 0 amide bonds. The van der Waals surface area contributed by atoms with Crippen LogP contribution in [0.25, 0.3) is 44.0 Å². The number of thiophene rings is 1. The zero-order valence-corrected chi connectivity index (χ0v) is 24.9. The van der Waals surface area contributed by atoms with E-state index in [-0.39, 0.29) is 22.0 Å². The number of ether oxygens (including phenoxy) is 1. The SMILES string of the molecule is Nc1ccc(-c2nc3ccc(Oc4ccc(-c5cc(S(=O)(=O)O)cs5)cc4S(=O)(=O)O)cc3nc2-c2ccc(N)cc2)cc1. The Labute approximate surface area is 255 Å². The Balaban J connectivity index is 1.42. The molecule has 0 saturated heterocycles. The van der Waals surface area contributed by atoms with Crippen LogP contribution in [0.15, 0.2) is 106 Å². The Bertz CT molecular complexity index is 2270. The lowest BCUT2D eigenvalue weighted by molar-refractivity contribution is 0.450. The van der Waals surface area contributed by atoms with E-state index in [0.717, 1.165) is 28.5 Å². The predicted molar refractivity (Wildman–Crippen MR) is 169 cm³/mol. The van der Waals surface area contributed by atoms with Gasteiger partial charge in [0.15, 0.2) is 0 Å². The highest BCUT2D eigenvalue weighted by molar-refractivity contribution is 7.86. The Kier molecular flexibility index (Phi) is 7.31. The Morgan fingerprint density at radius 1 is 0.636 bits per heavy atom. The summed E-state index contributed by atoms with van der Waals surface area (Å²) >= 11 is 0.976. The van der Waals surface area contributed by atoms with Crippen LogP contribution in [0.2, 0.25) is 0 Å². The summed E-state index contributed by atoms with van der Waals surface area (Å²) in [6, 6.07) is 24.5. The highest BCUT2D eigenvalue weighted by atomic mass is 32.2. The molecular weight excluding hydrogens is 625 g/mol. The summed E-state index contributed by atoms with van der Waals surface area (Å²) in [6.07, 6.45) is 0. The van der Waals surface area contributed by atoms with Crippen molar-refractivity contribution in [3.8, 4) is 44.5 Å².